The Balaban J connectivity index is 3.90. The molecule has 0 aromatic carbocycles. The highest BCUT2D eigenvalue weighted by atomic mass is 31.2. The Morgan fingerprint density at radius 1 is 0.450 bits per heavy atom. The van der Waals surface area contributed by atoms with Crippen molar-refractivity contribution in [1.82, 2.24) is 0 Å². The Morgan fingerprint density at radius 2 is 0.800 bits per heavy atom. The number of phosphoric ester groups is 1. The maximum absolute atomic E-state index is 12.5. The largest absolute Gasteiger partial charge is 0.469 e. The molecule has 0 aromatic rings. The van der Waals surface area contributed by atoms with E-state index in [-0.39, 0.29) is 19.4 Å². The molecule has 8 nitrogen and oxygen atoms in total. The molecule has 2 N–H and O–H groups in total. The Bertz CT molecular complexity index is 1240. The molecule has 0 rings (SSSR count). The first-order chi connectivity index (χ1) is 29.3. The predicted octanol–water partition coefficient (Wildman–Crippen LogP) is 15.2. The van der Waals surface area contributed by atoms with Gasteiger partial charge in [0.25, 0.3) is 0 Å². The van der Waals surface area contributed by atoms with Gasteiger partial charge < -0.3 is 19.3 Å². The summed E-state index contributed by atoms with van der Waals surface area (Å²) in [5, 5.41) is 0. The van der Waals surface area contributed by atoms with Gasteiger partial charge in [-0.3, -0.25) is 14.1 Å². The first kappa shape index (κ1) is 57.2. The fourth-order valence-corrected chi connectivity index (χ4v) is 6.73. The van der Waals surface area contributed by atoms with E-state index < -0.39 is 32.5 Å². The van der Waals surface area contributed by atoms with Crippen molar-refractivity contribution in [2.75, 3.05) is 13.2 Å². The number of esters is 2. The summed E-state index contributed by atoms with van der Waals surface area (Å²) < 4.78 is 26.5. The fourth-order valence-electron chi connectivity index (χ4n) is 6.37. The van der Waals surface area contributed by atoms with Crippen LogP contribution in [0.5, 0.6) is 0 Å². The molecule has 0 fully saturated rings. The van der Waals surface area contributed by atoms with Crippen molar-refractivity contribution < 1.29 is 37.9 Å². The lowest BCUT2D eigenvalue weighted by Crippen LogP contribution is -2.29. The first-order valence-corrected chi connectivity index (χ1v) is 25.4. The molecular formula is C51H87O8P. The molecular weight excluding hydrogens is 772 g/mol. The lowest BCUT2D eigenvalue weighted by atomic mass is 10.0. The maximum atomic E-state index is 12.5. The van der Waals surface area contributed by atoms with Crippen LogP contribution in [-0.4, -0.2) is 41.0 Å². The number of carbonyl (C=O) groups excluding carboxylic acids is 2. The van der Waals surface area contributed by atoms with Crippen molar-refractivity contribution in [2.24, 2.45) is 0 Å². The number of ether oxygens (including phenoxy) is 2. The van der Waals surface area contributed by atoms with Gasteiger partial charge in [-0.1, -0.05) is 189 Å². The summed E-state index contributed by atoms with van der Waals surface area (Å²) in [6, 6.07) is 0. The second kappa shape index (κ2) is 45.7. The lowest BCUT2D eigenvalue weighted by molar-refractivity contribution is -0.161. The van der Waals surface area contributed by atoms with E-state index in [4.69, 9.17) is 19.3 Å². The van der Waals surface area contributed by atoms with E-state index in [1.807, 2.05) is 0 Å². The van der Waals surface area contributed by atoms with Gasteiger partial charge in [0, 0.05) is 12.8 Å². The number of phosphoric acid groups is 1. The summed E-state index contributed by atoms with van der Waals surface area (Å²) in [4.78, 5) is 43.0. The SMILES string of the molecule is CC/C=C\C/C=C\C/C=C\C/C=C\CCCCCCCCCCCCC(=O)OC(COC(=O)CCCCCCCC/C=C\C/C=C\C/C=C\CCCCC)COP(=O)(O)O. The molecule has 0 heterocycles. The van der Waals surface area contributed by atoms with E-state index >= 15 is 0 Å². The zero-order chi connectivity index (χ0) is 43.9. The predicted molar refractivity (Wildman–Crippen MR) is 253 cm³/mol. The van der Waals surface area contributed by atoms with E-state index in [9.17, 15) is 14.2 Å². The minimum atomic E-state index is -4.77. The van der Waals surface area contributed by atoms with Crippen LogP contribution in [0.25, 0.3) is 0 Å². The van der Waals surface area contributed by atoms with E-state index in [1.165, 1.54) is 64.2 Å². The van der Waals surface area contributed by atoms with E-state index in [1.54, 1.807) is 0 Å². The molecule has 0 bridgehead atoms. The molecule has 9 heteroatoms. The highest BCUT2D eigenvalue weighted by molar-refractivity contribution is 7.46. The highest BCUT2D eigenvalue weighted by Crippen LogP contribution is 2.36. The third-order valence-corrected chi connectivity index (χ3v) is 10.4. The van der Waals surface area contributed by atoms with Crippen LogP contribution in [0.4, 0.5) is 0 Å². The Morgan fingerprint density at radius 3 is 1.20 bits per heavy atom. The molecule has 0 radical (unpaired) electrons. The van der Waals surface area contributed by atoms with Gasteiger partial charge in [-0.2, -0.15) is 0 Å². The minimum absolute atomic E-state index is 0.199. The average Bonchev–Trinajstić information content (AvgIpc) is 3.22. The molecule has 0 amide bonds. The Kier molecular flexibility index (Phi) is 43.6. The zero-order valence-corrected chi connectivity index (χ0v) is 39.0. The Labute approximate surface area is 367 Å². The smallest absolute Gasteiger partial charge is 0.462 e. The van der Waals surface area contributed by atoms with Crippen LogP contribution in [0, 0.1) is 0 Å². The number of carbonyl (C=O) groups is 2. The molecule has 0 aliphatic heterocycles. The van der Waals surface area contributed by atoms with Gasteiger partial charge in [0.15, 0.2) is 6.10 Å². The van der Waals surface area contributed by atoms with Gasteiger partial charge in [0.2, 0.25) is 0 Å². The lowest BCUT2D eigenvalue weighted by Gasteiger charge is -2.18. The van der Waals surface area contributed by atoms with Crippen LogP contribution < -0.4 is 0 Å². The van der Waals surface area contributed by atoms with Crippen molar-refractivity contribution in [1.29, 1.82) is 0 Å². The topological polar surface area (TPSA) is 119 Å². The summed E-state index contributed by atoms with van der Waals surface area (Å²) in [5.41, 5.74) is 0. The molecule has 1 unspecified atom stereocenters. The Hall–Kier alpha value is -2.77. The molecule has 0 aromatic heterocycles. The van der Waals surface area contributed by atoms with Gasteiger partial charge in [-0.25, -0.2) is 4.57 Å². The molecule has 344 valence electrons. The van der Waals surface area contributed by atoms with Gasteiger partial charge >= 0.3 is 19.8 Å². The summed E-state index contributed by atoms with van der Waals surface area (Å²) in [7, 11) is -4.77. The van der Waals surface area contributed by atoms with Crippen molar-refractivity contribution in [3.05, 3.63) is 85.1 Å². The van der Waals surface area contributed by atoms with Gasteiger partial charge in [-0.05, 0) is 89.9 Å². The summed E-state index contributed by atoms with van der Waals surface area (Å²) >= 11 is 0. The molecule has 0 spiro atoms. The zero-order valence-electron chi connectivity index (χ0n) is 38.1. The third-order valence-electron chi connectivity index (χ3n) is 9.90. The van der Waals surface area contributed by atoms with E-state index in [0.717, 1.165) is 103 Å². The number of hydrogen-bond acceptors (Lipinski definition) is 6. The van der Waals surface area contributed by atoms with Crippen molar-refractivity contribution in [2.45, 2.75) is 213 Å². The third kappa shape index (κ3) is 47.9. The standard InChI is InChI=1S/C51H87O8P/c1-3-5-7-9-11-13-15-17-19-21-23-24-25-26-28-30-32-34-36-38-40-42-44-46-51(53)59-49(48-58-60(54,55)56)47-57-50(52)45-43-41-39-37-35-33-31-29-27-22-20-18-16-14-12-10-8-6-4-2/h5,7,11-14,17-20,23-24,27,29,49H,3-4,6,8-10,15-16,21-22,25-26,28,30-48H2,1-2H3,(H2,54,55,56)/b7-5-,13-11-,14-12-,19-17-,20-18-,24-23-,29-27-. The summed E-state index contributed by atoms with van der Waals surface area (Å²) in [6.45, 7) is 3.54. The van der Waals surface area contributed by atoms with Gasteiger partial charge in [-0.15, -0.1) is 0 Å². The minimum Gasteiger partial charge on any atom is -0.462 e. The first-order valence-electron chi connectivity index (χ1n) is 23.9. The fraction of sp³-hybridized carbons (Fsp3) is 0.686. The van der Waals surface area contributed by atoms with Gasteiger partial charge in [0.1, 0.15) is 6.61 Å². The van der Waals surface area contributed by atoms with Crippen LogP contribution in [0.1, 0.15) is 206 Å². The molecule has 1 atom stereocenters. The molecule has 0 saturated heterocycles. The maximum Gasteiger partial charge on any atom is 0.469 e. The molecule has 0 aliphatic carbocycles. The molecule has 0 aliphatic rings. The normalized spacial score (nSPS) is 13.2. The van der Waals surface area contributed by atoms with E-state index in [0.29, 0.717) is 12.8 Å². The van der Waals surface area contributed by atoms with Crippen molar-refractivity contribution in [3.63, 3.8) is 0 Å². The molecule has 60 heavy (non-hydrogen) atoms. The molecule has 0 saturated carbocycles. The monoisotopic (exact) mass is 859 g/mol. The van der Waals surface area contributed by atoms with Crippen molar-refractivity contribution in [3.8, 4) is 0 Å². The summed E-state index contributed by atoms with van der Waals surface area (Å²) in [5.74, 6) is -0.907. The average molecular weight is 859 g/mol. The van der Waals surface area contributed by atoms with Crippen LogP contribution in [0.15, 0.2) is 85.1 Å². The number of unbranched alkanes of at least 4 members (excludes halogenated alkanes) is 19. The van der Waals surface area contributed by atoms with Gasteiger partial charge in [0.05, 0.1) is 6.61 Å². The van der Waals surface area contributed by atoms with Crippen molar-refractivity contribution >= 4 is 19.8 Å². The van der Waals surface area contributed by atoms with Crippen LogP contribution in [0.2, 0.25) is 0 Å². The second-order valence-corrected chi connectivity index (χ2v) is 16.9. The van der Waals surface area contributed by atoms with Crippen LogP contribution >= 0.6 is 7.82 Å². The number of rotatable bonds is 43. The highest BCUT2D eigenvalue weighted by Gasteiger charge is 2.23. The quantitative estimate of drug-likeness (QED) is 0.0269. The van der Waals surface area contributed by atoms with Crippen LogP contribution in [-0.2, 0) is 28.2 Å². The summed E-state index contributed by atoms with van der Waals surface area (Å²) in [6.07, 6.45) is 61.6. The van der Waals surface area contributed by atoms with E-state index in [2.05, 4.69) is 103 Å². The van der Waals surface area contributed by atoms with Crippen LogP contribution in [0.3, 0.4) is 0 Å². The number of allylic oxidation sites excluding steroid dienone is 14. The second-order valence-electron chi connectivity index (χ2n) is 15.7. The number of hydrogen-bond donors (Lipinski definition) is 2.